The SMILES string of the molecule is CCNc1ccc2c(c1)/C(=C/c1cn(C(c3ccccc3)(c3ccccc3)c3ccccc3)cn1)CC2. The Hall–Kier alpha value is -4.37. The van der Waals surface area contributed by atoms with Gasteiger partial charge in [-0.15, -0.1) is 0 Å². The van der Waals surface area contributed by atoms with Gasteiger partial charge in [0.2, 0.25) is 0 Å². The Balaban J connectivity index is 1.51. The van der Waals surface area contributed by atoms with Gasteiger partial charge in [0, 0.05) is 18.4 Å². The Morgan fingerprint density at radius 3 is 1.95 bits per heavy atom. The van der Waals surface area contributed by atoms with Gasteiger partial charge < -0.3 is 9.88 Å². The zero-order chi connectivity index (χ0) is 25.1. The fourth-order valence-electron chi connectivity index (χ4n) is 5.72. The number of allylic oxidation sites excluding steroid dienone is 1. The average Bonchev–Trinajstić information content (AvgIpc) is 3.59. The highest BCUT2D eigenvalue weighted by Crippen LogP contribution is 2.41. The van der Waals surface area contributed by atoms with Crippen LogP contribution >= 0.6 is 0 Å². The summed E-state index contributed by atoms with van der Waals surface area (Å²) in [7, 11) is 0. The highest BCUT2D eigenvalue weighted by Gasteiger charge is 2.38. The van der Waals surface area contributed by atoms with E-state index in [4.69, 9.17) is 4.98 Å². The fraction of sp³-hybridized carbons (Fsp3) is 0.147. The molecule has 3 heteroatoms. The molecule has 0 spiro atoms. The van der Waals surface area contributed by atoms with Gasteiger partial charge in [0.05, 0.1) is 12.0 Å². The van der Waals surface area contributed by atoms with Gasteiger partial charge >= 0.3 is 0 Å². The number of fused-ring (bicyclic) bond motifs is 1. The predicted octanol–water partition coefficient (Wildman–Crippen LogP) is 7.64. The molecule has 1 aliphatic carbocycles. The van der Waals surface area contributed by atoms with Crippen LogP contribution in [-0.2, 0) is 12.0 Å². The van der Waals surface area contributed by atoms with Crippen molar-refractivity contribution >= 4 is 17.3 Å². The Morgan fingerprint density at radius 2 is 1.38 bits per heavy atom. The van der Waals surface area contributed by atoms with Gasteiger partial charge in [-0.1, -0.05) is 97.1 Å². The van der Waals surface area contributed by atoms with Crippen LogP contribution in [0.5, 0.6) is 0 Å². The number of aromatic nitrogens is 2. The highest BCUT2D eigenvalue weighted by atomic mass is 15.1. The predicted molar refractivity (Wildman–Crippen MR) is 154 cm³/mol. The van der Waals surface area contributed by atoms with Crippen LogP contribution < -0.4 is 5.32 Å². The summed E-state index contributed by atoms with van der Waals surface area (Å²) in [6.45, 7) is 3.05. The van der Waals surface area contributed by atoms with Crippen LogP contribution in [0.15, 0.2) is 122 Å². The minimum absolute atomic E-state index is 0.542. The van der Waals surface area contributed by atoms with Gasteiger partial charge in [-0.25, -0.2) is 4.98 Å². The van der Waals surface area contributed by atoms with E-state index in [9.17, 15) is 0 Å². The molecule has 3 nitrogen and oxygen atoms in total. The van der Waals surface area contributed by atoms with Gasteiger partial charge in [-0.05, 0) is 71.4 Å². The number of aryl methyl sites for hydroxylation is 1. The summed E-state index contributed by atoms with van der Waals surface area (Å²) >= 11 is 0. The molecule has 0 saturated carbocycles. The normalized spacial score (nSPS) is 14.0. The van der Waals surface area contributed by atoms with E-state index in [-0.39, 0.29) is 0 Å². The molecule has 0 unspecified atom stereocenters. The molecule has 4 aromatic carbocycles. The molecule has 0 amide bonds. The first kappa shape index (κ1) is 23.1. The molecular formula is C34H31N3. The van der Waals surface area contributed by atoms with Crippen molar-refractivity contribution in [2.45, 2.75) is 25.3 Å². The Labute approximate surface area is 219 Å². The molecule has 5 aromatic rings. The number of nitrogens with zero attached hydrogens (tertiary/aromatic N) is 2. The van der Waals surface area contributed by atoms with Crippen LogP contribution in [0, 0.1) is 0 Å². The van der Waals surface area contributed by atoms with Crippen molar-refractivity contribution in [2.75, 3.05) is 11.9 Å². The monoisotopic (exact) mass is 481 g/mol. The number of benzene rings is 4. The molecule has 0 radical (unpaired) electrons. The van der Waals surface area contributed by atoms with E-state index in [0.29, 0.717) is 0 Å². The van der Waals surface area contributed by atoms with Crippen molar-refractivity contribution in [3.05, 3.63) is 155 Å². The van der Waals surface area contributed by atoms with Gasteiger partial charge in [-0.3, -0.25) is 0 Å². The first-order chi connectivity index (χ1) is 18.3. The van der Waals surface area contributed by atoms with Crippen molar-refractivity contribution in [3.8, 4) is 0 Å². The topological polar surface area (TPSA) is 29.9 Å². The standard InChI is InChI=1S/C34H31N3/c1-2-35-31-21-20-26-18-19-27(33(26)23-31)22-32-24-37(25-36-32)34(28-12-6-3-7-13-28,29-14-8-4-9-15-29)30-16-10-5-11-17-30/h3-17,20-25,35H,2,18-19H2,1H3/b27-22+. The maximum Gasteiger partial charge on any atom is 0.121 e. The largest absolute Gasteiger partial charge is 0.385 e. The third-order valence-corrected chi connectivity index (χ3v) is 7.39. The lowest BCUT2D eigenvalue weighted by Crippen LogP contribution is -2.36. The summed E-state index contributed by atoms with van der Waals surface area (Å²) in [5.41, 5.74) is 9.32. The second kappa shape index (κ2) is 9.94. The van der Waals surface area contributed by atoms with Crippen molar-refractivity contribution in [3.63, 3.8) is 0 Å². The van der Waals surface area contributed by atoms with E-state index in [1.54, 1.807) is 0 Å². The van der Waals surface area contributed by atoms with E-state index in [0.717, 1.165) is 25.1 Å². The molecule has 1 heterocycles. The third-order valence-electron chi connectivity index (χ3n) is 7.39. The van der Waals surface area contributed by atoms with Crippen molar-refractivity contribution in [2.24, 2.45) is 0 Å². The zero-order valence-corrected chi connectivity index (χ0v) is 21.1. The smallest absolute Gasteiger partial charge is 0.121 e. The third kappa shape index (κ3) is 4.17. The number of rotatable bonds is 7. The Morgan fingerprint density at radius 1 is 0.784 bits per heavy atom. The summed E-state index contributed by atoms with van der Waals surface area (Å²) < 4.78 is 2.28. The summed E-state index contributed by atoms with van der Waals surface area (Å²) in [6, 6.07) is 39.0. The van der Waals surface area contributed by atoms with Crippen LogP contribution in [-0.4, -0.2) is 16.1 Å². The highest BCUT2D eigenvalue weighted by molar-refractivity contribution is 5.85. The molecule has 0 atom stereocenters. The molecule has 182 valence electrons. The van der Waals surface area contributed by atoms with Gasteiger partial charge in [0.25, 0.3) is 0 Å². The van der Waals surface area contributed by atoms with Crippen LogP contribution in [0.3, 0.4) is 0 Å². The lowest BCUT2D eigenvalue weighted by Gasteiger charge is -2.37. The minimum Gasteiger partial charge on any atom is -0.385 e. The zero-order valence-electron chi connectivity index (χ0n) is 21.1. The van der Waals surface area contributed by atoms with Crippen LogP contribution in [0.4, 0.5) is 5.69 Å². The molecule has 0 fully saturated rings. The second-order valence-corrected chi connectivity index (χ2v) is 9.59. The van der Waals surface area contributed by atoms with E-state index in [1.807, 2.05) is 6.33 Å². The van der Waals surface area contributed by atoms with Crippen LogP contribution in [0.25, 0.3) is 11.6 Å². The Bertz CT molecular complexity index is 1420. The first-order valence-electron chi connectivity index (χ1n) is 13.1. The van der Waals surface area contributed by atoms with Crippen LogP contribution in [0.2, 0.25) is 0 Å². The summed E-state index contributed by atoms with van der Waals surface area (Å²) in [5, 5.41) is 3.45. The number of hydrogen-bond donors (Lipinski definition) is 1. The number of hydrogen-bond acceptors (Lipinski definition) is 2. The molecule has 0 aliphatic heterocycles. The van der Waals surface area contributed by atoms with E-state index in [1.165, 1.54) is 39.1 Å². The quantitative estimate of drug-likeness (QED) is 0.242. The van der Waals surface area contributed by atoms with Crippen molar-refractivity contribution < 1.29 is 0 Å². The first-order valence-corrected chi connectivity index (χ1v) is 13.1. The van der Waals surface area contributed by atoms with Gasteiger partial charge in [-0.2, -0.15) is 0 Å². The maximum atomic E-state index is 4.92. The van der Waals surface area contributed by atoms with Crippen LogP contribution in [0.1, 0.15) is 46.9 Å². The summed E-state index contributed by atoms with van der Waals surface area (Å²) in [5.74, 6) is 0. The fourth-order valence-corrected chi connectivity index (χ4v) is 5.72. The van der Waals surface area contributed by atoms with Crippen molar-refractivity contribution in [1.29, 1.82) is 0 Å². The second-order valence-electron chi connectivity index (χ2n) is 9.59. The van der Waals surface area contributed by atoms with E-state index < -0.39 is 5.54 Å². The molecule has 0 bridgehead atoms. The molecule has 1 aromatic heterocycles. The maximum absolute atomic E-state index is 4.92. The van der Waals surface area contributed by atoms with Gasteiger partial charge in [0.15, 0.2) is 0 Å². The Kier molecular flexibility index (Phi) is 6.20. The number of imidazole rings is 1. The molecule has 6 rings (SSSR count). The van der Waals surface area contributed by atoms with E-state index in [2.05, 4.69) is 138 Å². The number of anilines is 1. The lowest BCUT2D eigenvalue weighted by molar-refractivity contribution is 0.514. The molecular weight excluding hydrogens is 450 g/mol. The average molecular weight is 482 g/mol. The lowest BCUT2D eigenvalue weighted by atomic mass is 9.77. The molecule has 37 heavy (non-hydrogen) atoms. The summed E-state index contributed by atoms with van der Waals surface area (Å²) in [4.78, 5) is 4.92. The summed E-state index contributed by atoms with van der Waals surface area (Å²) in [6.07, 6.45) is 8.58. The number of nitrogens with one attached hydrogen (secondary N) is 1. The molecule has 1 N–H and O–H groups in total. The van der Waals surface area contributed by atoms with Crippen molar-refractivity contribution in [1.82, 2.24) is 9.55 Å². The van der Waals surface area contributed by atoms with E-state index >= 15 is 0 Å². The molecule has 1 aliphatic rings. The van der Waals surface area contributed by atoms with Gasteiger partial charge in [0.1, 0.15) is 5.54 Å². The minimum atomic E-state index is -0.542. The molecule has 0 saturated heterocycles.